The molecule has 0 spiro atoms. The lowest BCUT2D eigenvalue weighted by Gasteiger charge is -2.13. The van der Waals surface area contributed by atoms with E-state index in [4.69, 9.17) is 21.4 Å². The zero-order chi connectivity index (χ0) is 10.6. The standard InChI is InChI=1S/C10H11ClO3/c1-2-8(10(12)13)14-9-6-4-3-5-7(9)11/h3-6,8H,2H2,1H3,(H,12,13)/t8-/m1/s1. The van der Waals surface area contributed by atoms with Crippen molar-refractivity contribution >= 4 is 17.6 Å². The number of carboxylic acids is 1. The van der Waals surface area contributed by atoms with Crippen LogP contribution in [0.3, 0.4) is 0 Å². The summed E-state index contributed by atoms with van der Waals surface area (Å²) in [6.45, 7) is 1.75. The normalized spacial score (nSPS) is 12.1. The lowest BCUT2D eigenvalue weighted by Crippen LogP contribution is -2.25. The number of benzene rings is 1. The minimum absolute atomic E-state index is 0.403. The molecule has 0 amide bonds. The van der Waals surface area contributed by atoms with Crippen LogP contribution in [-0.4, -0.2) is 17.2 Å². The second-order valence-electron chi connectivity index (χ2n) is 2.78. The van der Waals surface area contributed by atoms with Crippen molar-refractivity contribution in [3.63, 3.8) is 0 Å². The van der Waals surface area contributed by atoms with E-state index in [0.717, 1.165) is 0 Å². The van der Waals surface area contributed by atoms with E-state index in [1.165, 1.54) is 0 Å². The number of carbonyl (C=O) groups is 1. The van der Waals surface area contributed by atoms with E-state index >= 15 is 0 Å². The SMILES string of the molecule is CC[C@@H](Oc1ccccc1Cl)C(=O)O. The molecule has 1 N–H and O–H groups in total. The molecule has 0 aromatic heterocycles. The number of rotatable bonds is 4. The van der Waals surface area contributed by atoms with Gasteiger partial charge in [0.2, 0.25) is 0 Å². The zero-order valence-electron chi connectivity index (χ0n) is 7.74. The van der Waals surface area contributed by atoms with Crippen LogP contribution in [0.1, 0.15) is 13.3 Å². The molecular weight excluding hydrogens is 204 g/mol. The van der Waals surface area contributed by atoms with Crippen LogP contribution in [0.2, 0.25) is 5.02 Å². The van der Waals surface area contributed by atoms with Crippen LogP contribution < -0.4 is 4.74 Å². The van der Waals surface area contributed by atoms with Gasteiger partial charge in [0, 0.05) is 0 Å². The van der Waals surface area contributed by atoms with Gasteiger partial charge in [-0.2, -0.15) is 0 Å². The average molecular weight is 215 g/mol. The molecule has 3 nitrogen and oxygen atoms in total. The summed E-state index contributed by atoms with van der Waals surface area (Å²) in [6, 6.07) is 6.81. The van der Waals surface area contributed by atoms with Gasteiger partial charge in [-0.25, -0.2) is 4.79 Å². The molecular formula is C10H11ClO3. The van der Waals surface area contributed by atoms with Gasteiger partial charge in [-0.05, 0) is 18.6 Å². The third kappa shape index (κ3) is 2.64. The van der Waals surface area contributed by atoms with Crippen LogP contribution in [-0.2, 0) is 4.79 Å². The Hall–Kier alpha value is -1.22. The van der Waals surface area contributed by atoms with Crippen LogP contribution in [0.15, 0.2) is 24.3 Å². The Kier molecular flexibility index (Phi) is 3.77. The number of halogens is 1. The summed E-state index contributed by atoms with van der Waals surface area (Å²) >= 11 is 5.81. The van der Waals surface area contributed by atoms with Crippen molar-refractivity contribution in [3.8, 4) is 5.75 Å². The van der Waals surface area contributed by atoms with Crippen molar-refractivity contribution in [1.82, 2.24) is 0 Å². The van der Waals surface area contributed by atoms with Crippen molar-refractivity contribution in [2.45, 2.75) is 19.4 Å². The molecule has 1 aromatic carbocycles. The van der Waals surface area contributed by atoms with Crippen LogP contribution in [0.4, 0.5) is 0 Å². The molecule has 0 saturated carbocycles. The van der Waals surface area contributed by atoms with Gasteiger partial charge in [0.25, 0.3) is 0 Å². The largest absolute Gasteiger partial charge is 0.479 e. The summed E-state index contributed by atoms with van der Waals surface area (Å²) in [4.78, 5) is 10.7. The quantitative estimate of drug-likeness (QED) is 0.838. The van der Waals surface area contributed by atoms with Gasteiger partial charge < -0.3 is 9.84 Å². The number of aliphatic carboxylic acids is 1. The van der Waals surface area contributed by atoms with E-state index in [1.807, 2.05) is 0 Å². The van der Waals surface area contributed by atoms with Gasteiger partial charge >= 0.3 is 5.97 Å². The summed E-state index contributed by atoms with van der Waals surface area (Å²) in [6.07, 6.45) is -0.435. The third-order valence-electron chi connectivity index (χ3n) is 1.75. The van der Waals surface area contributed by atoms with E-state index in [0.29, 0.717) is 17.2 Å². The zero-order valence-corrected chi connectivity index (χ0v) is 8.49. The maximum Gasteiger partial charge on any atom is 0.344 e. The van der Waals surface area contributed by atoms with E-state index in [9.17, 15) is 4.79 Å². The highest BCUT2D eigenvalue weighted by molar-refractivity contribution is 6.32. The number of para-hydroxylation sites is 1. The molecule has 1 atom stereocenters. The summed E-state index contributed by atoms with van der Waals surface area (Å²) in [5, 5.41) is 9.18. The predicted octanol–water partition coefficient (Wildman–Crippen LogP) is 2.58. The highest BCUT2D eigenvalue weighted by Gasteiger charge is 2.17. The highest BCUT2D eigenvalue weighted by atomic mass is 35.5. The van der Waals surface area contributed by atoms with Crippen LogP contribution in [0, 0.1) is 0 Å². The molecule has 1 aromatic rings. The van der Waals surface area contributed by atoms with Gasteiger partial charge in [-0.15, -0.1) is 0 Å². The van der Waals surface area contributed by atoms with Crippen molar-refractivity contribution in [3.05, 3.63) is 29.3 Å². The van der Waals surface area contributed by atoms with E-state index in [2.05, 4.69) is 0 Å². The van der Waals surface area contributed by atoms with Crippen molar-refractivity contribution in [2.24, 2.45) is 0 Å². The third-order valence-corrected chi connectivity index (χ3v) is 2.06. The molecule has 0 fully saturated rings. The van der Waals surface area contributed by atoms with Crippen LogP contribution in [0.25, 0.3) is 0 Å². The molecule has 0 bridgehead atoms. The lowest BCUT2D eigenvalue weighted by atomic mass is 10.2. The molecule has 0 aliphatic carbocycles. The van der Waals surface area contributed by atoms with Gasteiger partial charge in [0.1, 0.15) is 5.75 Å². The van der Waals surface area contributed by atoms with E-state index in [1.54, 1.807) is 31.2 Å². The molecule has 0 aliphatic rings. The summed E-state index contributed by atoms with van der Waals surface area (Å²) in [5.41, 5.74) is 0. The summed E-state index contributed by atoms with van der Waals surface area (Å²) in [7, 11) is 0. The molecule has 1 rings (SSSR count). The fourth-order valence-corrected chi connectivity index (χ4v) is 1.18. The first kappa shape index (κ1) is 10.9. The number of hydrogen-bond donors (Lipinski definition) is 1. The van der Waals surface area contributed by atoms with Gasteiger partial charge in [-0.3, -0.25) is 0 Å². The molecule has 0 saturated heterocycles. The number of hydrogen-bond acceptors (Lipinski definition) is 2. The Labute approximate surface area is 87.3 Å². The van der Waals surface area contributed by atoms with Crippen LogP contribution in [0.5, 0.6) is 5.75 Å². The second kappa shape index (κ2) is 4.86. The molecule has 0 aliphatic heterocycles. The summed E-state index contributed by atoms with van der Waals surface area (Å²) in [5.74, 6) is -0.573. The first-order valence-electron chi connectivity index (χ1n) is 4.29. The lowest BCUT2D eigenvalue weighted by molar-refractivity contribution is -0.145. The Morgan fingerprint density at radius 3 is 2.71 bits per heavy atom. The van der Waals surface area contributed by atoms with Crippen molar-refractivity contribution in [1.29, 1.82) is 0 Å². The number of ether oxygens (including phenoxy) is 1. The first-order valence-corrected chi connectivity index (χ1v) is 4.67. The Balaban J connectivity index is 2.77. The van der Waals surface area contributed by atoms with Crippen molar-refractivity contribution < 1.29 is 14.6 Å². The molecule has 4 heteroatoms. The van der Waals surface area contributed by atoms with Gasteiger partial charge in [-0.1, -0.05) is 30.7 Å². The van der Waals surface area contributed by atoms with Crippen LogP contribution >= 0.6 is 11.6 Å². The fourth-order valence-electron chi connectivity index (χ4n) is 1.00. The van der Waals surface area contributed by atoms with E-state index in [-0.39, 0.29) is 0 Å². The topological polar surface area (TPSA) is 46.5 Å². The highest BCUT2D eigenvalue weighted by Crippen LogP contribution is 2.24. The molecule has 76 valence electrons. The Morgan fingerprint density at radius 1 is 1.57 bits per heavy atom. The molecule has 0 radical (unpaired) electrons. The predicted molar refractivity (Wildman–Crippen MR) is 53.8 cm³/mol. The number of carboxylic acid groups (broad SMARTS) is 1. The maximum absolute atomic E-state index is 10.7. The second-order valence-corrected chi connectivity index (χ2v) is 3.19. The summed E-state index contributed by atoms with van der Waals surface area (Å²) < 4.78 is 5.22. The molecule has 0 heterocycles. The van der Waals surface area contributed by atoms with Gasteiger partial charge in [0.15, 0.2) is 6.10 Å². The smallest absolute Gasteiger partial charge is 0.344 e. The minimum Gasteiger partial charge on any atom is -0.479 e. The van der Waals surface area contributed by atoms with E-state index < -0.39 is 12.1 Å². The minimum atomic E-state index is -0.979. The first-order chi connectivity index (χ1) is 6.65. The maximum atomic E-state index is 10.7. The van der Waals surface area contributed by atoms with Gasteiger partial charge in [0.05, 0.1) is 5.02 Å². The fraction of sp³-hybridized carbons (Fsp3) is 0.300. The van der Waals surface area contributed by atoms with Crippen molar-refractivity contribution in [2.75, 3.05) is 0 Å². The Morgan fingerprint density at radius 2 is 2.21 bits per heavy atom. The molecule has 0 unspecified atom stereocenters. The Bertz CT molecular complexity index is 325. The monoisotopic (exact) mass is 214 g/mol. The average Bonchev–Trinajstić information content (AvgIpc) is 2.16. The molecule has 14 heavy (non-hydrogen) atoms.